The van der Waals surface area contributed by atoms with Gasteiger partial charge in [-0.2, -0.15) is 0 Å². The van der Waals surface area contributed by atoms with E-state index in [1.54, 1.807) is 6.07 Å². The minimum Gasteiger partial charge on any atom is -0.496 e. The van der Waals surface area contributed by atoms with Gasteiger partial charge in [-0.05, 0) is 13.0 Å². The fraction of sp³-hybridized carbons (Fsp3) is 0.357. The molecular weight excluding hydrogens is 278 g/mol. The van der Waals surface area contributed by atoms with Gasteiger partial charge in [-0.15, -0.1) is 6.58 Å². The zero-order chi connectivity index (χ0) is 15.2. The molecule has 1 amide bonds. The molecule has 1 N–H and O–H groups in total. The topological polar surface area (TPSA) is 72.5 Å². The van der Waals surface area contributed by atoms with Crippen molar-refractivity contribution in [1.82, 2.24) is 5.32 Å². The van der Waals surface area contributed by atoms with E-state index >= 15 is 0 Å². The van der Waals surface area contributed by atoms with Gasteiger partial charge in [0.05, 0.1) is 12.9 Å². The van der Waals surface area contributed by atoms with Gasteiger partial charge < -0.3 is 10.1 Å². The molecule has 1 aromatic carbocycles. The quantitative estimate of drug-likeness (QED) is 0.770. The smallest absolute Gasteiger partial charge is 0.238 e. The molecule has 1 aromatic rings. The molecule has 0 fully saturated rings. The molecule has 20 heavy (non-hydrogen) atoms. The van der Waals surface area contributed by atoms with Crippen LogP contribution in [0, 0.1) is 0 Å². The second kappa shape index (κ2) is 7.09. The van der Waals surface area contributed by atoms with Crippen LogP contribution in [0.1, 0.15) is 12.5 Å². The molecule has 5 nitrogen and oxygen atoms in total. The summed E-state index contributed by atoms with van der Waals surface area (Å²) in [4.78, 5) is 11.9. The van der Waals surface area contributed by atoms with E-state index < -0.39 is 21.0 Å². The van der Waals surface area contributed by atoms with Crippen molar-refractivity contribution in [2.45, 2.75) is 18.7 Å². The fourth-order valence-corrected chi connectivity index (χ4v) is 2.67. The highest BCUT2D eigenvalue weighted by Crippen LogP contribution is 2.16. The normalized spacial score (nSPS) is 12.5. The van der Waals surface area contributed by atoms with Crippen LogP contribution in [0.25, 0.3) is 0 Å². The Morgan fingerprint density at radius 1 is 1.45 bits per heavy atom. The first-order chi connectivity index (χ1) is 9.42. The summed E-state index contributed by atoms with van der Waals surface area (Å²) in [5.41, 5.74) is 0.789. The van der Waals surface area contributed by atoms with Crippen LogP contribution < -0.4 is 10.1 Å². The summed E-state index contributed by atoms with van der Waals surface area (Å²) in [5, 5.41) is 1.50. The Labute approximate surface area is 119 Å². The molecule has 0 bridgehead atoms. The van der Waals surface area contributed by atoms with Crippen molar-refractivity contribution >= 4 is 15.7 Å². The van der Waals surface area contributed by atoms with E-state index in [2.05, 4.69) is 11.9 Å². The summed E-state index contributed by atoms with van der Waals surface area (Å²) in [6.07, 6.45) is 1.28. The molecule has 0 aliphatic rings. The van der Waals surface area contributed by atoms with Crippen molar-refractivity contribution in [3.8, 4) is 5.75 Å². The van der Waals surface area contributed by atoms with Crippen molar-refractivity contribution in [1.29, 1.82) is 0 Å². The fourth-order valence-electron chi connectivity index (χ4n) is 1.65. The number of methoxy groups -OCH3 is 1. The Morgan fingerprint density at radius 2 is 2.10 bits per heavy atom. The molecule has 1 unspecified atom stereocenters. The number of para-hydroxylation sites is 1. The number of carbonyl (C=O) groups excluding carboxylic acids is 1. The van der Waals surface area contributed by atoms with E-state index in [9.17, 15) is 13.2 Å². The lowest BCUT2D eigenvalue weighted by Crippen LogP contribution is -2.38. The highest BCUT2D eigenvalue weighted by atomic mass is 32.2. The van der Waals surface area contributed by atoms with Crippen molar-refractivity contribution in [2.24, 2.45) is 0 Å². The number of rotatable bonds is 7. The SMILES string of the molecule is C=CCS(=O)(=O)C(C)C(=O)NCc1ccccc1OC. The molecule has 0 heterocycles. The Balaban J connectivity index is 2.70. The third-order valence-electron chi connectivity index (χ3n) is 2.90. The number of ether oxygens (including phenoxy) is 1. The van der Waals surface area contributed by atoms with E-state index in [-0.39, 0.29) is 12.3 Å². The van der Waals surface area contributed by atoms with Gasteiger partial charge in [-0.25, -0.2) is 8.42 Å². The Kier molecular flexibility index (Phi) is 5.76. The standard InChI is InChI=1S/C14H19NO4S/c1-4-9-20(17,18)11(2)14(16)15-10-12-7-5-6-8-13(12)19-3/h4-8,11H,1,9-10H2,2-3H3,(H,15,16). The average Bonchev–Trinajstić information content (AvgIpc) is 2.44. The van der Waals surface area contributed by atoms with E-state index in [0.29, 0.717) is 5.75 Å². The van der Waals surface area contributed by atoms with Gasteiger partial charge in [0.2, 0.25) is 5.91 Å². The summed E-state index contributed by atoms with van der Waals surface area (Å²) in [5.74, 6) is -0.0943. The van der Waals surface area contributed by atoms with Gasteiger partial charge in [-0.1, -0.05) is 24.3 Å². The van der Waals surface area contributed by atoms with Crippen molar-refractivity contribution in [3.05, 3.63) is 42.5 Å². The first kappa shape index (κ1) is 16.2. The molecule has 0 saturated heterocycles. The number of nitrogens with one attached hydrogen (secondary N) is 1. The monoisotopic (exact) mass is 297 g/mol. The van der Waals surface area contributed by atoms with Crippen molar-refractivity contribution in [2.75, 3.05) is 12.9 Å². The minimum atomic E-state index is -3.49. The second-order valence-electron chi connectivity index (χ2n) is 4.29. The lowest BCUT2D eigenvalue weighted by Gasteiger charge is -2.13. The van der Waals surface area contributed by atoms with E-state index in [1.165, 1.54) is 20.1 Å². The van der Waals surface area contributed by atoms with E-state index in [1.807, 2.05) is 18.2 Å². The van der Waals surface area contributed by atoms with Gasteiger partial charge >= 0.3 is 0 Å². The van der Waals surface area contributed by atoms with Crippen LogP contribution in [0.2, 0.25) is 0 Å². The number of benzene rings is 1. The zero-order valence-electron chi connectivity index (χ0n) is 11.6. The van der Waals surface area contributed by atoms with Crippen LogP contribution in [-0.4, -0.2) is 32.4 Å². The maximum Gasteiger partial charge on any atom is 0.238 e. The summed E-state index contributed by atoms with van der Waals surface area (Å²) in [6.45, 7) is 4.97. The summed E-state index contributed by atoms with van der Waals surface area (Å²) < 4.78 is 28.7. The van der Waals surface area contributed by atoms with Crippen LogP contribution in [-0.2, 0) is 21.2 Å². The molecule has 0 aliphatic carbocycles. The predicted octanol–water partition coefficient (Wildman–Crippen LogP) is 1.30. The maximum atomic E-state index is 11.9. The molecule has 0 aromatic heterocycles. The van der Waals surface area contributed by atoms with Crippen LogP contribution in [0.3, 0.4) is 0 Å². The number of amides is 1. The van der Waals surface area contributed by atoms with Crippen LogP contribution in [0.15, 0.2) is 36.9 Å². The third-order valence-corrected chi connectivity index (χ3v) is 4.90. The maximum absolute atomic E-state index is 11.9. The molecular formula is C14H19NO4S. The number of sulfone groups is 1. The van der Waals surface area contributed by atoms with Gasteiger partial charge in [0.25, 0.3) is 0 Å². The third kappa shape index (κ3) is 4.09. The predicted molar refractivity (Wildman–Crippen MR) is 78.3 cm³/mol. The second-order valence-corrected chi connectivity index (χ2v) is 6.66. The molecule has 1 atom stereocenters. The lowest BCUT2D eigenvalue weighted by atomic mass is 10.2. The molecule has 0 spiro atoms. The lowest BCUT2D eigenvalue weighted by molar-refractivity contribution is -0.120. The van der Waals surface area contributed by atoms with Crippen molar-refractivity contribution in [3.63, 3.8) is 0 Å². The molecule has 0 saturated carbocycles. The number of carbonyl (C=O) groups is 1. The zero-order valence-corrected chi connectivity index (χ0v) is 12.4. The Bertz CT molecular complexity index is 581. The van der Waals surface area contributed by atoms with E-state index in [0.717, 1.165) is 5.56 Å². The summed E-state index contributed by atoms with van der Waals surface area (Å²) >= 11 is 0. The van der Waals surface area contributed by atoms with Gasteiger partial charge in [0.15, 0.2) is 9.84 Å². The molecule has 0 radical (unpaired) electrons. The van der Waals surface area contributed by atoms with Gasteiger partial charge in [0, 0.05) is 12.1 Å². The summed E-state index contributed by atoms with van der Waals surface area (Å²) in [7, 11) is -1.95. The van der Waals surface area contributed by atoms with Crippen LogP contribution in [0.5, 0.6) is 5.75 Å². The van der Waals surface area contributed by atoms with Crippen molar-refractivity contribution < 1.29 is 17.9 Å². The minimum absolute atomic E-state index is 0.212. The molecule has 0 aliphatic heterocycles. The van der Waals surface area contributed by atoms with Gasteiger partial charge in [0.1, 0.15) is 11.0 Å². The Morgan fingerprint density at radius 3 is 2.70 bits per heavy atom. The first-order valence-electron chi connectivity index (χ1n) is 6.14. The first-order valence-corrected chi connectivity index (χ1v) is 7.86. The molecule has 110 valence electrons. The highest BCUT2D eigenvalue weighted by Gasteiger charge is 2.26. The number of hydrogen-bond donors (Lipinski definition) is 1. The van der Waals surface area contributed by atoms with Crippen LogP contribution in [0.4, 0.5) is 0 Å². The molecule has 6 heteroatoms. The van der Waals surface area contributed by atoms with Gasteiger partial charge in [-0.3, -0.25) is 4.79 Å². The highest BCUT2D eigenvalue weighted by molar-refractivity contribution is 7.92. The Hall–Kier alpha value is -1.82. The number of hydrogen-bond acceptors (Lipinski definition) is 4. The molecule has 1 rings (SSSR count). The van der Waals surface area contributed by atoms with E-state index in [4.69, 9.17) is 4.74 Å². The summed E-state index contributed by atoms with van der Waals surface area (Å²) in [6, 6.07) is 7.23. The largest absolute Gasteiger partial charge is 0.496 e. The average molecular weight is 297 g/mol. The van der Waals surface area contributed by atoms with Crippen LogP contribution >= 0.6 is 0 Å².